The zero-order chi connectivity index (χ0) is 17.1. The van der Waals surface area contributed by atoms with Crippen LogP contribution in [0.25, 0.3) is 33.8 Å². The molecule has 0 radical (unpaired) electrons. The lowest BCUT2D eigenvalue weighted by atomic mass is 9.91. The maximum Gasteiger partial charge on any atom is 0.0631 e. The molecule has 0 fully saturated rings. The third-order valence-electron chi connectivity index (χ3n) is 5.44. The van der Waals surface area contributed by atoms with Crippen LogP contribution in [0.4, 0.5) is 0 Å². The summed E-state index contributed by atoms with van der Waals surface area (Å²) in [6, 6.07) is 17.4. The van der Waals surface area contributed by atoms with Crippen LogP contribution in [0.5, 0.6) is 0 Å². The van der Waals surface area contributed by atoms with Crippen LogP contribution in [0.2, 0.25) is 0 Å². The van der Waals surface area contributed by atoms with E-state index < -0.39 is 0 Å². The number of hydrogen-bond acceptors (Lipinski definition) is 0. The molecular formula is C25H15N. The van der Waals surface area contributed by atoms with Gasteiger partial charge in [0.2, 0.25) is 0 Å². The molecule has 3 aliphatic rings. The molecule has 0 unspecified atom stereocenters. The van der Waals surface area contributed by atoms with Gasteiger partial charge in [-0.3, -0.25) is 0 Å². The Morgan fingerprint density at radius 3 is 2.62 bits per heavy atom. The fraction of sp³-hybridized carbons (Fsp3) is 0.0400. The average molecular weight is 329 g/mol. The third kappa shape index (κ3) is 1.66. The highest BCUT2D eigenvalue weighted by atomic mass is 15.0. The van der Waals surface area contributed by atoms with Crippen molar-refractivity contribution in [3.63, 3.8) is 0 Å². The predicted octanol–water partition coefficient (Wildman–Crippen LogP) is 6.05. The lowest BCUT2D eigenvalue weighted by Gasteiger charge is -2.13. The first-order chi connectivity index (χ1) is 12.9. The highest BCUT2D eigenvalue weighted by molar-refractivity contribution is 6.09. The van der Waals surface area contributed by atoms with Crippen LogP contribution in [0, 0.1) is 0 Å². The van der Waals surface area contributed by atoms with Crippen molar-refractivity contribution in [3.8, 4) is 0 Å². The zero-order valence-electron chi connectivity index (χ0n) is 14.2. The smallest absolute Gasteiger partial charge is 0.0631 e. The summed E-state index contributed by atoms with van der Waals surface area (Å²) in [7, 11) is 0. The molecule has 0 spiro atoms. The van der Waals surface area contributed by atoms with Gasteiger partial charge in [0.15, 0.2) is 0 Å². The third-order valence-corrected chi connectivity index (χ3v) is 5.44. The second kappa shape index (κ2) is 5.00. The summed E-state index contributed by atoms with van der Waals surface area (Å²) < 4.78 is 2.41. The van der Waals surface area contributed by atoms with Gasteiger partial charge in [0.25, 0.3) is 0 Å². The molecule has 1 heteroatoms. The molecular weight excluding hydrogens is 314 g/mol. The van der Waals surface area contributed by atoms with E-state index in [2.05, 4.69) is 94.9 Å². The van der Waals surface area contributed by atoms with Crippen LogP contribution >= 0.6 is 0 Å². The molecule has 0 saturated heterocycles. The van der Waals surface area contributed by atoms with Crippen LogP contribution < -0.4 is 0 Å². The molecule has 0 atom stereocenters. The van der Waals surface area contributed by atoms with Crippen molar-refractivity contribution in [2.45, 2.75) is 6.42 Å². The minimum atomic E-state index is 0.946. The molecule has 1 nitrogen and oxygen atoms in total. The van der Waals surface area contributed by atoms with E-state index in [1.54, 1.807) is 0 Å². The van der Waals surface area contributed by atoms with Crippen molar-refractivity contribution < 1.29 is 0 Å². The van der Waals surface area contributed by atoms with Crippen molar-refractivity contribution in [1.29, 1.82) is 0 Å². The van der Waals surface area contributed by atoms with Gasteiger partial charge in [0.05, 0.1) is 16.9 Å². The lowest BCUT2D eigenvalue weighted by molar-refractivity contribution is 1.15. The number of para-hydroxylation sites is 1. The maximum atomic E-state index is 3.18. The van der Waals surface area contributed by atoms with Crippen LogP contribution in [-0.4, -0.2) is 4.57 Å². The Kier molecular flexibility index (Phi) is 2.65. The van der Waals surface area contributed by atoms with E-state index in [4.69, 9.17) is 0 Å². The maximum absolute atomic E-state index is 3.18. The fourth-order valence-electron chi connectivity index (χ4n) is 4.38. The Morgan fingerprint density at radius 1 is 0.846 bits per heavy atom. The summed E-state index contributed by atoms with van der Waals surface area (Å²) in [4.78, 5) is 0. The monoisotopic (exact) mass is 329 g/mol. The minimum absolute atomic E-state index is 0.946. The van der Waals surface area contributed by atoms with Gasteiger partial charge in [0.1, 0.15) is 0 Å². The van der Waals surface area contributed by atoms with Gasteiger partial charge >= 0.3 is 0 Å². The second-order valence-corrected chi connectivity index (χ2v) is 6.79. The quantitative estimate of drug-likeness (QED) is 0.442. The first-order valence-electron chi connectivity index (χ1n) is 8.96. The van der Waals surface area contributed by atoms with Crippen molar-refractivity contribution in [1.82, 2.24) is 4.57 Å². The van der Waals surface area contributed by atoms with Crippen molar-refractivity contribution in [2.24, 2.45) is 0 Å². The van der Waals surface area contributed by atoms with Crippen LogP contribution in [0.15, 0.2) is 84.3 Å². The van der Waals surface area contributed by atoms with Crippen LogP contribution in [0.1, 0.15) is 28.8 Å². The Morgan fingerprint density at radius 2 is 1.65 bits per heavy atom. The zero-order valence-corrected chi connectivity index (χ0v) is 14.2. The summed E-state index contributed by atoms with van der Waals surface area (Å²) in [6.45, 7) is 0. The van der Waals surface area contributed by atoms with Crippen molar-refractivity contribution >= 4 is 33.8 Å². The van der Waals surface area contributed by atoms with Crippen LogP contribution in [0.3, 0.4) is 0 Å². The molecule has 2 aliphatic carbocycles. The van der Waals surface area contributed by atoms with Gasteiger partial charge in [-0.15, -0.1) is 0 Å². The lowest BCUT2D eigenvalue weighted by Crippen LogP contribution is -2.01. The molecule has 0 amide bonds. The molecule has 120 valence electrons. The van der Waals surface area contributed by atoms with Gasteiger partial charge in [-0.05, 0) is 29.7 Å². The highest BCUT2D eigenvalue weighted by Crippen LogP contribution is 2.45. The first-order valence-corrected chi connectivity index (χ1v) is 8.96. The van der Waals surface area contributed by atoms with E-state index in [1.807, 2.05) is 0 Å². The minimum Gasteiger partial charge on any atom is -0.307 e. The summed E-state index contributed by atoms with van der Waals surface area (Å²) in [5.41, 5.74) is 16.4. The summed E-state index contributed by atoms with van der Waals surface area (Å²) >= 11 is 0. The molecule has 0 bridgehead atoms. The summed E-state index contributed by atoms with van der Waals surface area (Å²) in [5.74, 6) is 0. The van der Waals surface area contributed by atoms with E-state index >= 15 is 0 Å². The molecule has 1 aliphatic heterocycles. The second-order valence-electron chi connectivity index (χ2n) is 6.79. The standard InChI is InChI=1S/C25H15N/c1-2-10-18-17(9-1)19-11-5-7-15-23(19)26-24-16-8-6-12-20(24)22-14-4-3-13-21(18)25(22)26/h1-2,4,6,8-16H,3H2. The number of rotatable bonds is 0. The number of allylic oxidation sites excluding steroid dienone is 6. The Hall–Kier alpha value is -3.50. The van der Waals surface area contributed by atoms with E-state index in [1.165, 1.54) is 50.1 Å². The number of benzene rings is 2. The molecule has 3 aromatic rings. The average Bonchev–Trinajstić information content (AvgIpc) is 2.81. The molecule has 2 heterocycles. The van der Waals surface area contributed by atoms with Crippen LogP contribution in [-0.2, 0) is 0 Å². The largest absolute Gasteiger partial charge is 0.307 e. The van der Waals surface area contributed by atoms with E-state index in [0.717, 1.165) is 6.42 Å². The topological polar surface area (TPSA) is 4.93 Å². The summed E-state index contributed by atoms with van der Waals surface area (Å²) in [5, 5.41) is 1.30. The predicted molar refractivity (Wildman–Crippen MR) is 108 cm³/mol. The number of hydrogen-bond donors (Lipinski definition) is 0. The fourth-order valence-corrected chi connectivity index (χ4v) is 4.38. The SMILES string of the molecule is C1=C=CC2=C(C=1)c1ccccc1C1=CCC=Cc3c1n2c1ccccc31. The summed E-state index contributed by atoms with van der Waals surface area (Å²) in [6.07, 6.45) is 12.0. The van der Waals surface area contributed by atoms with E-state index in [0.29, 0.717) is 0 Å². The van der Waals surface area contributed by atoms with Gasteiger partial charge in [-0.25, -0.2) is 0 Å². The molecule has 0 N–H and O–H groups in total. The normalized spacial score (nSPS) is 16.1. The molecule has 6 rings (SSSR count). The van der Waals surface area contributed by atoms with E-state index in [9.17, 15) is 0 Å². The van der Waals surface area contributed by atoms with Gasteiger partial charge in [-0.2, -0.15) is 0 Å². The molecule has 2 aromatic carbocycles. The Balaban J connectivity index is 1.90. The molecule has 1 aromatic heterocycles. The Bertz CT molecular complexity index is 1310. The van der Waals surface area contributed by atoms with E-state index in [-0.39, 0.29) is 0 Å². The van der Waals surface area contributed by atoms with Gasteiger partial charge in [-0.1, -0.05) is 72.2 Å². The number of fused-ring (bicyclic) bond motifs is 7. The highest BCUT2D eigenvalue weighted by Gasteiger charge is 2.28. The van der Waals surface area contributed by atoms with Crippen molar-refractivity contribution in [2.75, 3.05) is 0 Å². The van der Waals surface area contributed by atoms with Gasteiger partial charge < -0.3 is 4.57 Å². The first kappa shape index (κ1) is 13.8. The Labute approximate surface area is 151 Å². The van der Waals surface area contributed by atoms with Crippen molar-refractivity contribution in [3.05, 3.63) is 107 Å². The molecule has 0 saturated carbocycles. The number of nitrogens with zero attached hydrogens (tertiary/aromatic N) is 1. The molecule has 26 heavy (non-hydrogen) atoms. The van der Waals surface area contributed by atoms with Gasteiger partial charge in [0, 0.05) is 28.2 Å². The number of aromatic nitrogens is 1.